The summed E-state index contributed by atoms with van der Waals surface area (Å²) in [6.45, 7) is 17.0. The first kappa shape index (κ1) is 23.6. The van der Waals surface area contributed by atoms with Gasteiger partial charge in [0.05, 0.1) is 5.69 Å². The van der Waals surface area contributed by atoms with Crippen molar-refractivity contribution in [3.63, 3.8) is 0 Å². The number of aromatic nitrogens is 4. The van der Waals surface area contributed by atoms with Crippen molar-refractivity contribution in [2.75, 3.05) is 38.1 Å². The molecule has 2 aromatic rings. The van der Waals surface area contributed by atoms with Crippen LogP contribution >= 0.6 is 0 Å². The van der Waals surface area contributed by atoms with Crippen LogP contribution in [0.15, 0.2) is 24.0 Å². The van der Waals surface area contributed by atoms with Gasteiger partial charge in [-0.25, -0.2) is 14.8 Å². The van der Waals surface area contributed by atoms with Gasteiger partial charge in [0.2, 0.25) is 5.95 Å². The van der Waals surface area contributed by atoms with E-state index in [1.807, 2.05) is 34.6 Å². The van der Waals surface area contributed by atoms with Gasteiger partial charge in [-0.05, 0) is 47.2 Å². The normalized spacial score (nSPS) is 15.7. The summed E-state index contributed by atoms with van der Waals surface area (Å²) in [6, 6.07) is 0. The van der Waals surface area contributed by atoms with E-state index in [1.54, 1.807) is 18.5 Å². The molecule has 9 heteroatoms. The molecule has 1 aliphatic heterocycles. The van der Waals surface area contributed by atoms with Gasteiger partial charge < -0.3 is 14.5 Å². The largest absolute Gasteiger partial charge is 0.442 e. The van der Waals surface area contributed by atoms with Crippen LogP contribution in [0.1, 0.15) is 46.7 Å². The van der Waals surface area contributed by atoms with Crippen LogP contribution in [0.4, 0.5) is 16.4 Å². The molecule has 0 saturated carbocycles. The molecule has 1 fully saturated rings. The highest BCUT2D eigenvalue weighted by molar-refractivity contribution is 5.91. The molecular formula is C23H33N7O2. The van der Waals surface area contributed by atoms with Gasteiger partial charge in [0.25, 0.3) is 0 Å². The quantitative estimate of drug-likeness (QED) is 0.650. The van der Waals surface area contributed by atoms with Crippen molar-refractivity contribution in [2.24, 2.45) is 4.99 Å². The van der Waals surface area contributed by atoms with Gasteiger partial charge in [-0.2, -0.15) is 9.78 Å². The van der Waals surface area contributed by atoms with Crippen molar-refractivity contribution in [3.8, 4) is 11.3 Å². The Morgan fingerprint density at radius 2 is 1.84 bits per heavy atom. The molecule has 3 rings (SSSR count). The molecule has 0 atom stereocenters. The number of ether oxygens (including phenoxy) is 1. The third-order valence-electron chi connectivity index (χ3n) is 5.17. The topological polar surface area (TPSA) is 88.7 Å². The summed E-state index contributed by atoms with van der Waals surface area (Å²) < 4.78 is 6.74. The highest BCUT2D eigenvalue weighted by Crippen LogP contribution is 2.34. The molecule has 1 aliphatic rings. The van der Waals surface area contributed by atoms with Crippen molar-refractivity contribution in [2.45, 2.75) is 46.6 Å². The second-order valence-corrected chi connectivity index (χ2v) is 8.94. The van der Waals surface area contributed by atoms with Gasteiger partial charge in [0.15, 0.2) is 0 Å². The molecule has 172 valence electrons. The molecule has 32 heavy (non-hydrogen) atoms. The fraction of sp³-hybridized carbons (Fsp3) is 0.522. The summed E-state index contributed by atoms with van der Waals surface area (Å²) in [6.07, 6.45) is 5.22. The second-order valence-electron chi connectivity index (χ2n) is 8.94. The van der Waals surface area contributed by atoms with E-state index in [0.717, 1.165) is 38.3 Å². The standard InChI is InChI=1S/C23H33N7O2/c1-8-16(3)26-20-18(9-2)30(22(31)32-23(4,5)6)27-19(20)17-14-24-21(25-15-17)29-12-10-28(7)11-13-29/h9,14-15H,2,8,10-13H2,1,3-7H3. The first-order chi connectivity index (χ1) is 15.1. The van der Waals surface area contributed by atoms with E-state index in [1.165, 1.54) is 4.68 Å². The molecule has 0 amide bonds. The number of hydrogen-bond donors (Lipinski definition) is 0. The van der Waals surface area contributed by atoms with Crippen LogP contribution in [0, 0.1) is 0 Å². The Hall–Kier alpha value is -3.07. The van der Waals surface area contributed by atoms with E-state index in [0.29, 0.717) is 28.6 Å². The molecule has 2 aromatic heterocycles. The van der Waals surface area contributed by atoms with Gasteiger partial charge in [0.1, 0.15) is 17.0 Å². The maximum absolute atomic E-state index is 12.8. The lowest BCUT2D eigenvalue weighted by Crippen LogP contribution is -2.45. The third-order valence-corrected chi connectivity index (χ3v) is 5.17. The number of carbonyl (C=O) groups excluding carboxylic acids is 1. The Kier molecular flexibility index (Phi) is 7.08. The molecule has 0 N–H and O–H groups in total. The number of anilines is 1. The van der Waals surface area contributed by atoms with Crippen molar-refractivity contribution < 1.29 is 9.53 Å². The lowest BCUT2D eigenvalue weighted by atomic mass is 10.2. The van der Waals surface area contributed by atoms with Gasteiger partial charge in [-0.1, -0.05) is 13.5 Å². The lowest BCUT2D eigenvalue weighted by molar-refractivity contribution is 0.0514. The summed E-state index contributed by atoms with van der Waals surface area (Å²) in [5.74, 6) is 0.687. The van der Waals surface area contributed by atoms with Gasteiger partial charge >= 0.3 is 6.09 Å². The molecule has 0 aromatic carbocycles. The number of piperazine rings is 1. The molecule has 1 saturated heterocycles. The predicted molar refractivity (Wildman–Crippen MR) is 128 cm³/mol. The predicted octanol–water partition coefficient (Wildman–Crippen LogP) is 4.02. The molecule has 9 nitrogen and oxygen atoms in total. The zero-order valence-corrected chi connectivity index (χ0v) is 19.9. The first-order valence-electron chi connectivity index (χ1n) is 10.9. The zero-order chi connectivity index (χ0) is 23.5. The SMILES string of the molecule is C=Cc1c(N=C(C)CC)c(-c2cnc(N3CCN(C)CC3)nc2)nn1C(=O)OC(C)(C)C. The molecule has 0 spiro atoms. The van der Waals surface area contributed by atoms with Crippen molar-refractivity contribution in [1.29, 1.82) is 0 Å². The van der Waals surface area contributed by atoms with E-state index in [-0.39, 0.29) is 0 Å². The van der Waals surface area contributed by atoms with E-state index in [4.69, 9.17) is 9.73 Å². The Balaban J connectivity index is 2.02. The van der Waals surface area contributed by atoms with Crippen LogP contribution in [0.25, 0.3) is 17.3 Å². The highest BCUT2D eigenvalue weighted by Gasteiger charge is 2.26. The molecule has 0 unspecified atom stereocenters. The number of aliphatic imine (C=N–C) groups is 1. The van der Waals surface area contributed by atoms with E-state index < -0.39 is 11.7 Å². The fourth-order valence-corrected chi connectivity index (χ4v) is 3.24. The second kappa shape index (κ2) is 9.60. The van der Waals surface area contributed by atoms with E-state index >= 15 is 0 Å². The highest BCUT2D eigenvalue weighted by atomic mass is 16.6. The van der Waals surface area contributed by atoms with E-state index in [9.17, 15) is 4.79 Å². The minimum absolute atomic E-state index is 0.477. The smallest absolute Gasteiger partial charge is 0.435 e. The molecule has 0 bridgehead atoms. The van der Waals surface area contributed by atoms with E-state index in [2.05, 4.69) is 38.5 Å². The first-order valence-corrected chi connectivity index (χ1v) is 10.9. The Morgan fingerprint density at radius 3 is 2.38 bits per heavy atom. The van der Waals surface area contributed by atoms with Gasteiger partial charge in [-0.3, -0.25) is 4.99 Å². The molecule has 3 heterocycles. The Bertz CT molecular complexity index is 995. The summed E-state index contributed by atoms with van der Waals surface area (Å²) in [7, 11) is 2.11. The number of hydrogen-bond acceptors (Lipinski definition) is 8. The Labute approximate surface area is 189 Å². The number of rotatable bonds is 5. The maximum atomic E-state index is 12.8. The number of likely N-dealkylation sites (N-methyl/N-ethyl adjacent to an activating group) is 1. The summed E-state index contributed by atoms with van der Waals surface area (Å²) in [4.78, 5) is 31.1. The van der Waals surface area contributed by atoms with Crippen LogP contribution in [0.5, 0.6) is 0 Å². The molecule has 0 aliphatic carbocycles. The lowest BCUT2D eigenvalue weighted by Gasteiger charge is -2.32. The van der Waals surface area contributed by atoms with Crippen LogP contribution in [0.3, 0.4) is 0 Å². The maximum Gasteiger partial charge on any atom is 0.435 e. The van der Waals surface area contributed by atoms with Crippen LogP contribution in [0.2, 0.25) is 0 Å². The van der Waals surface area contributed by atoms with Crippen LogP contribution in [-0.4, -0.2) is 75.3 Å². The third kappa shape index (κ3) is 5.40. The van der Waals surface area contributed by atoms with Crippen molar-refractivity contribution in [3.05, 3.63) is 24.7 Å². The van der Waals surface area contributed by atoms with Gasteiger partial charge in [0, 0.05) is 49.8 Å². The summed E-state index contributed by atoms with van der Waals surface area (Å²) in [5, 5.41) is 4.54. The average Bonchev–Trinajstić information content (AvgIpc) is 3.11. The average molecular weight is 440 g/mol. The zero-order valence-electron chi connectivity index (χ0n) is 19.9. The number of nitrogens with zero attached hydrogens (tertiary/aromatic N) is 7. The van der Waals surface area contributed by atoms with Crippen molar-refractivity contribution >= 4 is 29.5 Å². The minimum Gasteiger partial charge on any atom is -0.442 e. The van der Waals surface area contributed by atoms with Gasteiger partial charge in [-0.15, -0.1) is 0 Å². The van der Waals surface area contributed by atoms with Crippen LogP contribution in [-0.2, 0) is 4.74 Å². The minimum atomic E-state index is -0.655. The Morgan fingerprint density at radius 1 is 1.22 bits per heavy atom. The molecule has 0 radical (unpaired) electrons. The monoisotopic (exact) mass is 439 g/mol. The number of carbonyl (C=O) groups is 1. The van der Waals surface area contributed by atoms with Crippen LogP contribution < -0.4 is 4.90 Å². The summed E-state index contributed by atoms with van der Waals surface area (Å²) in [5.41, 5.74) is 2.48. The van der Waals surface area contributed by atoms with Crippen molar-refractivity contribution in [1.82, 2.24) is 24.6 Å². The summed E-state index contributed by atoms with van der Waals surface area (Å²) >= 11 is 0. The molecular weight excluding hydrogens is 406 g/mol. The fourth-order valence-electron chi connectivity index (χ4n) is 3.24.